The molecule has 0 unspecified atom stereocenters. The molecule has 0 aromatic heterocycles. The van der Waals surface area contributed by atoms with Gasteiger partial charge in [0, 0.05) is 19.0 Å². The second kappa shape index (κ2) is 8.68. The number of carbonyl (C=O) groups is 1. The van der Waals surface area contributed by atoms with Crippen LogP contribution in [0, 0.1) is 5.92 Å². The van der Waals surface area contributed by atoms with Gasteiger partial charge in [0.2, 0.25) is 5.91 Å². The molecule has 1 aromatic carbocycles. The number of nitrogens with zero attached hydrogens (tertiary/aromatic N) is 2. The summed E-state index contributed by atoms with van der Waals surface area (Å²) in [5.74, 6) is 0.269. The molecule has 2 fully saturated rings. The van der Waals surface area contributed by atoms with Crippen molar-refractivity contribution in [3.05, 3.63) is 24.3 Å². The molecule has 5 nitrogen and oxygen atoms in total. The van der Waals surface area contributed by atoms with E-state index in [1.165, 1.54) is 6.42 Å². The third-order valence-electron chi connectivity index (χ3n) is 5.47. The monoisotopic (exact) mass is 345 g/mol. The van der Waals surface area contributed by atoms with Crippen molar-refractivity contribution < 1.29 is 9.90 Å². The van der Waals surface area contributed by atoms with Crippen LogP contribution in [-0.2, 0) is 4.79 Å². The molecule has 3 rings (SSSR count). The predicted molar refractivity (Wildman–Crippen MR) is 102 cm³/mol. The lowest BCUT2D eigenvalue weighted by Gasteiger charge is -2.34. The van der Waals surface area contributed by atoms with Crippen LogP contribution in [-0.4, -0.2) is 54.7 Å². The zero-order valence-corrected chi connectivity index (χ0v) is 15.3. The molecule has 138 valence electrons. The summed E-state index contributed by atoms with van der Waals surface area (Å²) in [4.78, 5) is 17.5. The minimum Gasteiger partial charge on any atom is -0.393 e. The van der Waals surface area contributed by atoms with Gasteiger partial charge in [-0.05, 0) is 63.9 Å². The maximum atomic E-state index is 12.7. The number of anilines is 2. The van der Waals surface area contributed by atoms with Crippen molar-refractivity contribution in [3.8, 4) is 0 Å². The van der Waals surface area contributed by atoms with Crippen LogP contribution in [0.3, 0.4) is 0 Å². The number of rotatable bonds is 5. The number of amides is 1. The number of para-hydroxylation sites is 2. The molecule has 25 heavy (non-hydrogen) atoms. The zero-order valence-electron chi connectivity index (χ0n) is 15.3. The lowest BCUT2D eigenvalue weighted by molar-refractivity contribution is -0.121. The van der Waals surface area contributed by atoms with E-state index in [4.69, 9.17) is 0 Å². The van der Waals surface area contributed by atoms with Gasteiger partial charge < -0.3 is 20.2 Å². The molecule has 2 saturated heterocycles. The summed E-state index contributed by atoms with van der Waals surface area (Å²) >= 11 is 0. The Bertz CT molecular complexity index is 562. The molecule has 2 heterocycles. The first kappa shape index (κ1) is 18.2. The summed E-state index contributed by atoms with van der Waals surface area (Å²) in [5.41, 5.74) is 1.98. The number of carbonyl (C=O) groups excluding carboxylic acids is 1. The van der Waals surface area contributed by atoms with Gasteiger partial charge in [-0.1, -0.05) is 19.1 Å². The number of hydrogen-bond donors (Lipinski definition) is 2. The average molecular weight is 345 g/mol. The lowest BCUT2D eigenvalue weighted by atomic mass is 9.95. The molecular formula is C20H31N3O2. The first-order chi connectivity index (χ1) is 12.2. The maximum absolute atomic E-state index is 12.7. The van der Waals surface area contributed by atoms with E-state index in [1.807, 2.05) is 18.2 Å². The fraction of sp³-hybridized carbons (Fsp3) is 0.650. The van der Waals surface area contributed by atoms with Gasteiger partial charge >= 0.3 is 0 Å². The molecule has 0 aliphatic carbocycles. The van der Waals surface area contributed by atoms with Crippen LogP contribution in [0.25, 0.3) is 0 Å². The van der Waals surface area contributed by atoms with E-state index in [0.717, 1.165) is 69.8 Å². The highest BCUT2D eigenvalue weighted by atomic mass is 16.3. The van der Waals surface area contributed by atoms with E-state index < -0.39 is 0 Å². The van der Waals surface area contributed by atoms with Gasteiger partial charge in [0.25, 0.3) is 0 Å². The molecule has 2 aliphatic heterocycles. The molecule has 5 heteroatoms. The van der Waals surface area contributed by atoms with Gasteiger partial charge in [-0.15, -0.1) is 0 Å². The fourth-order valence-corrected chi connectivity index (χ4v) is 3.93. The first-order valence-electron chi connectivity index (χ1n) is 9.72. The van der Waals surface area contributed by atoms with Gasteiger partial charge in [-0.25, -0.2) is 0 Å². The van der Waals surface area contributed by atoms with E-state index in [0.29, 0.717) is 0 Å². The Hall–Kier alpha value is -1.59. The molecule has 0 radical (unpaired) electrons. The molecule has 1 amide bonds. The zero-order chi connectivity index (χ0) is 17.6. The molecule has 0 spiro atoms. The highest BCUT2D eigenvalue weighted by molar-refractivity contribution is 5.95. The van der Waals surface area contributed by atoms with E-state index in [2.05, 4.69) is 28.1 Å². The van der Waals surface area contributed by atoms with Gasteiger partial charge in [-0.3, -0.25) is 4.79 Å². The van der Waals surface area contributed by atoms with Crippen LogP contribution < -0.4 is 10.2 Å². The minimum atomic E-state index is -0.189. The van der Waals surface area contributed by atoms with Crippen molar-refractivity contribution in [3.63, 3.8) is 0 Å². The van der Waals surface area contributed by atoms with Crippen LogP contribution >= 0.6 is 0 Å². The Morgan fingerprint density at radius 2 is 1.80 bits per heavy atom. The summed E-state index contributed by atoms with van der Waals surface area (Å²) < 4.78 is 0. The molecule has 0 atom stereocenters. The standard InChI is InChI=1S/C20H31N3O2/c1-2-11-22-12-7-16(8-13-22)20(25)21-18-5-3-4-6-19(18)23-14-9-17(24)10-15-23/h3-6,16-17,24H,2,7-15H2,1H3,(H,21,25). The van der Waals surface area contributed by atoms with Gasteiger partial charge in [-0.2, -0.15) is 0 Å². The molecular weight excluding hydrogens is 314 g/mol. The molecule has 0 saturated carbocycles. The number of benzene rings is 1. The van der Waals surface area contributed by atoms with Crippen molar-refractivity contribution in [1.29, 1.82) is 0 Å². The third-order valence-corrected chi connectivity index (χ3v) is 5.47. The highest BCUT2D eigenvalue weighted by Crippen LogP contribution is 2.29. The normalized spacial score (nSPS) is 20.6. The smallest absolute Gasteiger partial charge is 0.227 e. The van der Waals surface area contributed by atoms with Gasteiger partial charge in [0.05, 0.1) is 17.5 Å². The molecule has 0 bridgehead atoms. The molecule has 2 aliphatic rings. The van der Waals surface area contributed by atoms with E-state index in [1.54, 1.807) is 0 Å². The Balaban J connectivity index is 1.60. The van der Waals surface area contributed by atoms with Crippen LogP contribution in [0.4, 0.5) is 11.4 Å². The average Bonchev–Trinajstić information content (AvgIpc) is 2.64. The van der Waals surface area contributed by atoms with Crippen molar-refractivity contribution in [2.24, 2.45) is 5.92 Å². The van der Waals surface area contributed by atoms with Crippen LogP contribution in [0.2, 0.25) is 0 Å². The number of hydrogen-bond acceptors (Lipinski definition) is 4. The van der Waals surface area contributed by atoms with E-state index in [9.17, 15) is 9.90 Å². The SMILES string of the molecule is CCCN1CCC(C(=O)Nc2ccccc2N2CCC(O)CC2)CC1. The second-order valence-corrected chi connectivity index (χ2v) is 7.34. The van der Waals surface area contributed by atoms with Gasteiger partial charge in [0.1, 0.15) is 0 Å². The Morgan fingerprint density at radius 3 is 2.48 bits per heavy atom. The third kappa shape index (κ3) is 4.73. The van der Waals surface area contributed by atoms with Crippen molar-refractivity contribution >= 4 is 17.3 Å². The van der Waals surface area contributed by atoms with Crippen LogP contribution in [0.15, 0.2) is 24.3 Å². The summed E-state index contributed by atoms with van der Waals surface area (Å²) in [5, 5.41) is 12.9. The van der Waals surface area contributed by atoms with E-state index in [-0.39, 0.29) is 17.9 Å². The largest absolute Gasteiger partial charge is 0.393 e. The van der Waals surface area contributed by atoms with Crippen molar-refractivity contribution in [2.75, 3.05) is 42.9 Å². The Morgan fingerprint density at radius 1 is 1.12 bits per heavy atom. The summed E-state index contributed by atoms with van der Waals surface area (Å²) in [6, 6.07) is 8.04. The summed E-state index contributed by atoms with van der Waals surface area (Å²) in [6.45, 7) is 7.06. The number of nitrogens with one attached hydrogen (secondary N) is 1. The molecule has 2 N–H and O–H groups in total. The Labute approximate surface area is 151 Å². The maximum Gasteiger partial charge on any atom is 0.227 e. The fourth-order valence-electron chi connectivity index (χ4n) is 3.93. The van der Waals surface area contributed by atoms with E-state index >= 15 is 0 Å². The summed E-state index contributed by atoms with van der Waals surface area (Å²) in [6.07, 6.45) is 4.46. The van der Waals surface area contributed by atoms with Crippen molar-refractivity contribution in [1.82, 2.24) is 4.90 Å². The highest BCUT2D eigenvalue weighted by Gasteiger charge is 2.26. The quantitative estimate of drug-likeness (QED) is 0.861. The van der Waals surface area contributed by atoms with Crippen LogP contribution in [0.5, 0.6) is 0 Å². The number of aliphatic hydroxyl groups is 1. The van der Waals surface area contributed by atoms with Gasteiger partial charge in [0.15, 0.2) is 0 Å². The molecule has 1 aromatic rings. The second-order valence-electron chi connectivity index (χ2n) is 7.34. The lowest BCUT2D eigenvalue weighted by Crippen LogP contribution is -2.39. The first-order valence-corrected chi connectivity index (χ1v) is 9.72. The summed E-state index contributed by atoms with van der Waals surface area (Å²) in [7, 11) is 0. The van der Waals surface area contributed by atoms with Crippen molar-refractivity contribution in [2.45, 2.75) is 45.1 Å². The minimum absolute atomic E-state index is 0.115. The topological polar surface area (TPSA) is 55.8 Å². The number of aliphatic hydroxyl groups excluding tert-OH is 1. The Kier molecular flexibility index (Phi) is 6.32. The number of likely N-dealkylation sites (tertiary alicyclic amines) is 1. The predicted octanol–water partition coefficient (Wildman–Crippen LogP) is 2.71. The number of piperidine rings is 2. The van der Waals surface area contributed by atoms with Crippen LogP contribution in [0.1, 0.15) is 39.0 Å².